The molecule has 0 radical (unpaired) electrons. The first-order valence-corrected chi connectivity index (χ1v) is 3.94. The van der Waals surface area contributed by atoms with E-state index in [-0.39, 0.29) is 5.54 Å². The number of likely N-dealkylation sites (tertiary alicyclic amines) is 1. The molecule has 1 nitrogen and oxygen atoms in total. The Morgan fingerprint density at radius 2 is 2.30 bits per heavy atom. The maximum Gasteiger partial charge on any atom is 0.114 e. The number of rotatable bonds is 1. The largest absolute Gasteiger partial charge is 0.298 e. The average molecular weight is 145 g/mol. The number of halogens is 1. The van der Waals surface area contributed by atoms with Gasteiger partial charge in [-0.05, 0) is 26.8 Å². The fourth-order valence-corrected chi connectivity index (χ4v) is 1.63. The van der Waals surface area contributed by atoms with E-state index in [1.165, 1.54) is 0 Å². The monoisotopic (exact) mass is 145 g/mol. The molecular weight excluding hydrogens is 129 g/mol. The highest BCUT2D eigenvalue weighted by atomic mass is 19.1. The lowest BCUT2D eigenvalue weighted by atomic mass is 9.96. The summed E-state index contributed by atoms with van der Waals surface area (Å²) in [7, 11) is 2.00. The Kier molecular flexibility index (Phi) is 1.99. The van der Waals surface area contributed by atoms with Crippen LogP contribution in [-0.2, 0) is 0 Å². The van der Waals surface area contributed by atoms with Crippen molar-refractivity contribution in [1.29, 1.82) is 0 Å². The van der Waals surface area contributed by atoms with Crippen LogP contribution in [0.2, 0.25) is 0 Å². The van der Waals surface area contributed by atoms with Gasteiger partial charge in [0.25, 0.3) is 0 Å². The number of alkyl halides is 1. The third-order valence-electron chi connectivity index (χ3n) is 2.82. The van der Waals surface area contributed by atoms with Crippen LogP contribution in [0.5, 0.6) is 0 Å². The second-order valence-electron chi connectivity index (χ2n) is 3.53. The van der Waals surface area contributed by atoms with Crippen molar-refractivity contribution >= 4 is 0 Å². The zero-order chi connectivity index (χ0) is 7.78. The van der Waals surface area contributed by atoms with E-state index in [1.54, 1.807) is 0 Å². The van der Waals surface area contributed by atoms with Crippen LogP contribution in [0.25, 0.3) is 0 Å². The average Bonchev–Trinajstić information content (AvgIpc) is 2.09. The summed E-state index contributed by atoms with van der Waals surface area (Å²) in [6.07, 6.45) is 1.15. The molecule has 0 aromatic heterocycles. The summed E-state index contributed by atoms with van der Waals surface area (Å²) < 4.78 is 12.8. The zero-order valence-electron chi connectivity index (χ0n) is 7.02. The van der Waals surface area contributed by atoms with Crippen LogP contribution in [0.4, 0.5) is 4.39 Å². The van der Waals surface area contributed by atoms with Gasteiger partial charge in [-0.25, -0.2) is 4.39 Å². The lowest BCUT2D eigenvalue weighted by Crippen LogP contribution is -2.37. The van der Waals surface area contributed by atoms with Crippen molar-refractivity contribution in [3.05, 3.63) is 0 Å². The van der Waals surface area contributed by atoms with E-state index in [2.05, 4.69) is 18.7 Å². The van der Waals surface area contributed by atoms with Crippen LogP contribution in [0, 0.1) is 0 Å². The van der Waals surface area contributed by atoms with Gasteiger partial charge < -0.3 is 0 Å². The molecule has 1 fully saturated rings. The second-order valence-corrected chi connectivity index (χ2v) is 3.53. The fourth-order valence-electron chi connectivity index (χ4n) is 1.63. The SMILES string of the molecule is CCC1(C)CC(F)CN1C. The Morgan fingerprint density at radius 3 is 2.50 bits per heavy atom. The minimum atomic E-state index is -0.602. The summed E-state index contributed by atoms with van der Waals surface area (Å²) in [6, 6.07) is 0. The summed E-state index contributed by atoms with van der Waals surface area (Å²) in [4.78, 5) is 2.12. The smallest absolute Gasteiger partial charge is 0.114 e. The molecule has 2 unspecified atom stereocenters. The molecule has 1 saturated heterocycles. The minimum Gasteiger partial charge on any atom is -0.298 e. The topological polar surface area (TPSA) is 3.24 Å². The van der Waals surface area contributed by atoms with Crippen molar-refractivity contribution in [2.24, 2.45) is 0 Å². The Bertz CT molecular complexity index is 126. The molecule has 0 aromatic rings. The van der Waals surface area contributed by atoms with E-state index in [9.17, 15) is 4.39 Å². The van der Waals surface area contributed by atoms with Crippen molar-refractivity contribution in [3.63, 3.8) is 0 Å². The molecule has 1 aliphatic heterocycles. The predicted molar refractivity (Wildman–Crippen MR) is 40.8 cm³/mol. The maximum absolute atomic E-state index is 12.8. The standard InChI is InChI=1S/C8H16FN/c1-4-8(2)5-7(9)6-10(8)3/h7H,4-6H2,1-3H3. The van der Waals surface area contributed by atoms with Crippen molar-refractivity contribution in [2.45, 2.75) is 38.4 Å². The zero-order valence-corrected chi connectivity index (χ0v) is 7.02. The predicted octanol–water partition coefficient (Wildman–Crippen LogP) is 1.83. The van der Waals surface area contributed by atoms with E-state index >= 15 is 0 Å². The molecule has 1 heterocycles. The van der Waals surface area contributed by atoms with E-state index in [1.807, 2.05) is 7.05 Å². The van der Waals surface area contributed by atoms with Crippen LogP contribution < -0.4 is 0 Å². The lowest BCUT2D eigenvalue weighted by Gasteiger charge is -2.30. The van der Waals surface area contributed by atoms with Crippen molar-refractivity contribution in [2.75, 3.05) is 13.6 Å². The summed E-state index contributed by atoms with van der Waals surface area (Å²) in [6.45, 7) is 4.87. The van der Waals surface area contributed by atoms with Gasteiger partial charge in [0.2, 0.25) is 0 Å². The molecule has 0 aliphatic carbocycles. The molecule has 0 spiro atoms. The maximum atomic E-state index is 12.8. The first-order chi connectivity index (χ1) is 4.58. The molecule has 2 atom stereocenters. The van der Waals surface area contributed by atoms with Gasteiger partial charge in [-0.3, -0.25) is 4.90 Å². The molecule has 0 N–H and O–H groups in total. The lowest BCUT2D eigenvalue weighted by molar-refractivity contribution is 0.189. The second kappa shape index (κ2) is 2.50. The highest BCUT2D eigenvalue weighted by molar-refractivity contribution is 4.93. The fraction of sp³-hybridized carbons (Fsp3) is 1.00. The van der Waals surface area contributed by atoms with Crippen LogP contribution in [0.3, 0.4) is 0 Å². The molecule has 0 amide bonds. The first-order valence-electron chi connectivity index (χ1n) is 3.94. The van der Waals surface area contributed by atoms with E-state index in [0.29, 0.717) is 13.0 Å². The van der Waals surface area contributed by atoms with Gasteiger partial charge in [-0.15, -0.1) is 0 Å². The summed E-state index contributed by atoms with van der Waals surface area (Å²) in [5.74, 6) is 0. The number of nitrogens with zero attached hydrogens (tertiary/aromatic N) is 1. The third kappa shape index (κ3) is 1.17. The normalized spacial score (nSPS) is 42.6. The van der Waals surface area contributed by atoms with Gasteiger partial charge in [0.05, 0.1) is 0 Å². The molecule has 0 aromatic carbocycles. The molecule has 2 heteroatoms. The van der Waals surface area contributed by atoms with Gasteiger partial charge in [-0.2, -0.15) is 0 Å². The van der Waals surface area contributed by atoms with Crippen molar-refractivity contribution in [3.8, 4) is 0 Å². The summed E-state index contributed by atoms with van der Waals surface area (Å²) in [5, 5.41) is 0. The number of hydrogen-bond acceptors (Lipinski definition) is 1. The van der Waals surface area contributed by atoms with Gasteiger partial charge >= 0.3 is 0 Å². The number of hydrogen-bond donors (Lipinski definition) is 0. The molecular formula is C8H16FN. The highest BCUT2D eigenvalue weighted by Gasteiger charge is 2.38. The van der Waals surface area contributed by atoms with E-state index in [4.69, 9.17) is 0 Å². The summed E-state index contributed by atoms with van der Waals surface area (Å²) >= 11 is 0. The van der Waals surface area contributed by atoms with E-state index < -0.39 is 6.17 Å². The molecule has 0 bridgehead atoms. The Hall–Kier alpha value is -0.110. The van der Waals surface area contributed by atoms with E-state index in [0.717, 1.165) is 6.42 Å². The highest BCUT2D eigenvalue weighted by Crippen LogP contribution is 2.31. The molecule has 1 aliphatic rings. The Labute approximate surface area is 62.2 Å². The quantitative estimate of drug-likeness (QED) is 0.544. The van der Waals surface area contributed by atoms with Crippen LogP contribution in [-0.4, -0.2) is 30.2 Å². The molecule has 0 saturated carbocycles. The van der Waals surface area contributed by atoms with Crippen LogP contribution in [0.1, 0.15) is 26.7 Å². The summed E-state index contributed by atoms with van der Waals surface area (Å²) in [5.41, 5.74) is 0.124. The van der Waals surface area contributed by atoms with Crippen LogP contribution >= 0.6 is 0 Å². The van der Waals surface area contributed by atoms with Crippen molar-refractivity contribution in [1.82, 2.24) is 4.90 Å². The van der Waals surface area contributed by atoms with Crippen molar-refractivity contribution < 1.29 is 4.39 Å². The Balaban J connectivity index is 2.61. The minimum absolute atomic E-state index is 0.124. The van der Waals surface area contributed by atoms with Gasteiger partial charge in [0, 0.05) is 12.1 Å². The van der Waals surface area contributed by atoms with Gasteiger partial charge in [0.1, 0.15) is 6.17 Å². The molecule has 10 heavy (non-hydrogen) atoms. The molecule has 60 valence electrons. The third-order valence-corrected chi connectivity index (χ3v) is 2.82. The Morgan fingerprint density at radius 1 is 1.70 bits per heavy atom. The van der Waals surface area contributed by atoms with Crippen LogP contribution in [0.15, 0.2) is 0 Å². The van der Waals surface area contributed by atoms with Gasteiger partial charge in [0.15, 0.2) is 0 Å². The molecule has 1 rings (SSSR count). The van der Waals surface area contributed by atoms with Gasteiger partial charge in [-0.1, -0.05) is 6.92 Å². The first kappa shape index (κ1) is 7.99.